The number of aliphatic imine (C=N–C) groups is 1. The van der Waals surface area contributed by atoms with E-state index in [2.05, 4.69) is 48.1 Å². The van der Waals surface area contributed by atoms with E-state index in [1.165, 1.54) is 5.56 Å². The molecule has 1 fully saturated rings. The molecule has 3 unspecified atom stereocenters. The second-order valence-electron chi connectivity index (χ2n) is 6.01. The van der Waals surface area contributed by atoms with Gasteiger partial charge in [0.15, 0.2) is 0 Å². The zero-order valence-corrected chi connectivity index (χ0v) is 12.2. The molecule has 1 saturated heterocycles. The Bertz CT molecular complexity index is 497. The Morgan fingerprint density at radius 1 is 1.35 bits per heavy atom. The van der Waals surface area contributed by atoms with Gasteiger partial charge in [0.05, 0.1) is 6.04 Å². The predicted octanol–water partition coefficient (Wildman–Crippen LogP) is 1.80. The predicted molar refractivity (Wildman–Crippen MR) is 80.9 cm³/mol. The van der Waals surface area contributed by atoms with Crippen LogP contribution in [0, 0.1) is 5.92 Å². The van der Waals surface area contributed by atoms with Crippen LogP contribution < -0.4 is 5.73 Å². The van der Waals surface area contributed by atoms with Gasteiger partial charge in [-0.2, -0.15) is 0 Å². The summed E-state index contributed by atoms with van der Waals surface area (Å²) in [5, 5.41) is 0. The van der Waals surface area contributed by atoms with Crippen LogP contribution in [0.1, 0.15) is 30.5 Å². The van der Waals surface area contributed by atoms with Gasteiger partial charge < -0.3 is 10.5 Å². The summed E-state index contributed by atoms with van der Waals surface area (Å²) < 4.78 is 5.60. The second kappa shape index (κ2) is 5.54. The molecule has 0 aliphatic carbocycles. The number of benzene rings is 1. The molecule has 108 valence electrons. The topological polar surface area (TPSA) is 50.9 Å². The average molecular weight is 273 g/mol. The Kier molecular flexibility index (Phi) is 3.76. The molecule has 2 heterocycles. The molecule has 1 aromatic carbocycles. The summed E-state index contributed by atoms with van der Waals surface area (Å²) in [5.74, 6) is 1.40. The third-order valence-corrected chi connectivity index (χ3v) is 4.31. The molecule has 0 aromatic heterocycles. The number of nitrogens with zero attached hydrogens (tertiary/aromatic N) is 2. The number of hydrogen-bond donors (Lipinski definition) is 1. The number of likely N-dealkylation sites (tertiary alicyclic amines) is 1. The van der Waals surface area contributed by atoms with Gasteiger partial charge in [0.1, 0.15) is 6.61 Å². The van der Waals surface area contributed by atoms with Crippen LogP contribution in [0.3, 0.4) is 0 Å². The van der Waals surface area contributed by atoms with Gasteiger partial charge in [0.25, 0.3) is 0 Å². The van der Waals surface area contributed by atoms with E-state index >= 15 is 0 Å². The van der Waals surface area contributed by atoms with E-state index in [9.17, 15) is 0 Å². The van der Waals surface area contributed by atoms with Crippen LogP contribution in [-0.2, 0) is 4.74 Å². The molecule has 0 bridgehead atoms. The molecule has 0 radical (unpaired) electrons. The van der Waals surface area contributed by atoms with Gasteiger partial charge in [0, 0.05) is 18.2 Å². The molecule has 4 heteroatoms. The summed E-state index contributed by atoms with van der Waals surface area (Å²) in [7, 11) is 2.18. The van der Waals surface area contributed by atoms with Crippen molar-refractivity contribution >= 4 is 5.90 Å². The zero-order valence-electron chi connectivity index (χ0n) is 12.2. The van der Waals surface area contributed by atoms with E-state index in [1.807, 2.05) is 0 Å². The SMILES string of the molecule is CC1COC(c2ccc(C3CC(CN)CN3C)cc2)=N1. The number of ether oxygens (including phenoxy) is 1. The minimum atomic E-state index is 0.274. The maximum atomic E-state index is 5.80. The molecular formula is C16H23N3O. The highest BCUT2D eigenvalue weighted by Crippen LogP contribution is 2.33. The molecule has 3 rings (SSSR count). The van der Waals surface area contributed by atoms with Crippen molar-refractivity contribution in [2.45, 2.75) is 25.4 Å². The monoisotopic (exact) mass is 273 g/mol. The number of rotatable bonds is 3. The van der Waals surface area contributed by atoms with Gasteiger partial charge in [-0.15, -0.1) is 0 Å². The van der Waals surface area contributed by atoms with Crippen molar-refractivity contribution in [3.8, 4) is 0 Å². The average Bonchev–Trinajstić information content (AvgIpc) is 3.05. The van der Waals surface area contributed by atoms with Crippen LogP contribution in [-0.4, -0.2) is 43.6 Å². The maximum Gasteiger partial charge on any atom is 0.216 e. The maximum absolute atomic E-state index is 5.80. The normalized spacial score (nSPS) is 30.4. The highest BCUT2D eigenvalue weighted by Gasteiger charge is 2.29. The van der Waals surface area contributed by atoms with Crippen molar-refractivity contribution in [2.24, 2.45) is 16.6 Å². The van der Waals surface area contributed by atoms with E-state index < -0.39 is 0 Å². The molecule has 0 amide bonds. The first-order chi connectivity index (χ1) is 9.67. The largest absolute Gasteiger partial charge is 0.475 e. The van der Waals surface area contributed by atoms with Crippen LogP contribution in [0.25, 0.3) is 0 Å². The van der Waals surface area contributed by atoms with E-state index in [0.29, 0.717) is 18.6 Å². The minimum absolute atomic E-state index is 0.274. The smallest absolute Gasteiger partial charge is 0.216 e. The summed E-state index contributed by atoms with van der Waals surface area (Å²) in [5.41, 5.74) is 8.24. The van der Waals surface area contributed by atoms with E-state index in [1.54, 1.807) is 0 Å². The Balaban J connectivity index is 1.75. The molecule has 4 nitrogen and oxygen atoms in total. The number of nitrogens with two attached hydrogens (primary N) is 1. The molecule has 1 aromatic rings. The van der Waals surface area contributed by atoms with Crippen LogP contribution >= 0.6 is 0 Å². The van der Waals surface area contributed by atoms with Crippen LogP contribution in [0.4, 0.5) is 0 Å². The van der Waals surface area contributed by atoms with Crippen molar-refractivity contribution < 1.29 is 4.74 Å². The lowest BCUT2D eigenvalue weighted by atomic mass is 9.99. The second-order valence-corrected chi connectivity index (χ2v) is 6.01. The van der Waals surface area contributed by atoms with Gasteiger partial charge >= 0.3 is 0 Å². The fourth-order valence-electron chi connectivity index (χ4n) is 3.15. The number of hydrogen-bond acceptors (Lipinski definition) is 4. The summed E-state index contributed by atoms with van der Waals surface area (Å²) >= 11 is 0. The minimum Gasteiger partial charge on any atom is -0.475 e. The summed E-state index contributed by atoms with van der Waals surface area (Å²) in [4.78, 5) is 6.89. The van der Waals surface area contributed by atoms with E-state index in [0.717, 1.165) is 31.0 Å². The van der Waals surface area contributed by atoms with Gasteiger partial charge in [-0.25, -0.2) is 4.99 Å². The van der Waals surface area contributed by atoms with Gasteiger partial charge in [-0.1, -0.05) is 12.1 Å². The quantitative estimate of drug-likeness (QED) is 0.913. The van der Waals surface area contributed by atoms with Gasteiger partial charge in [-0.3, -0.25) is 4.90 Å². The Morgan fingerprint density at radius 3 is 2.65 bits per heavy atom. The van der Waals surface area contributed by atoms with Crippen molar-refractivity contribution in [3.63, 3.8) is 0 Å². The molecule has 3 atom stereocenters. The van der Waals surface area contributed by atoms with E-state index in [4.69, 9.17) is 10.5 Å². The third kappa shape index (κ3) is 2.58. The summed E-state index contributed by atoms with van der Waals surface area (Å²) in [6.45, 7) is 4.64. The molecule has 2 N–H and O–H groups in total. The first-order valence-corrected chi connectivity index (χ1v) is 7.38. The molecule has 2 aliphatic rings. The van der Waals surface area contributed by atoms with Crippen molar-refractivity contribution in [2.75, 3.05) is 26.7 Å². The van der Waals surface area contributed by atoms with Gasteiger partial charge in [0.2, 0.25) is 5.90 Å². The lowest BCUT2D eigenvalue weighted by Crippen LogP contribution is -2.20. The van der Waals surface area contributed by atoms with Crippen LogP contribution in [0.5, 0.6) is 0 Å². The summed E-state index contributed by atoms with van der Waals surface area (Å²) in [6, 6.07) is 9.40. The molecule has 2 aliphatic heterocycles. The lowest BCUT2D eigenvalue weighted by Gasteiger charge is -2.19. The highest BCUT2D eigenvalue weighted by atomic mass is 16.5. The third-order valence-electron chi connectivity index (χ3n) is 4.31. The van der Waals surface area contributed by atoms with Crippen molar-refractivity contribution in [1.82, 2.24) is 4.90 Å². The molecule has 0 spiro atoms. The van der Waals surface area contributed by atoms with Crippen LogP contribution in [0.2, 0.25) is 0 Å². The van der Waals surface area contributed by atoms with E-state index in [-0.39, 0.29) is 6.04 Å². The van der Waals surface area contributed by atoms with Crippen molar-refractivity contribution in [3.05, 3.63) is 35.4 Å². The molecular weight excluding hydrogens is 250 g/mol. The fourth-order valence-corrected chi connectivity index (χ4v) is 3.15. The highest BCUT2D eigenvalue weighted by molar-refractivity contribution is 5.95. The Morgan fingerprint density at radius 2 is 2.10 bits per heavy atom. The Hall–Kier alpha value is -1.39. The zero-order chi connectivity index (χ0) is 14.1. The van der Waals surface area contributed by atoms with Gasteiger partial charge in [-0.05, 0) is 50.6 Å². The fraction of sp³-hybridized carbons (Fsp3) is 0.562. The first kappa shape index (κ1) is 13.6. The van der Waals surface area contributed by atoms with Crippen LogP contribution in [0.15, 0.2) is 29.3 Å². The molecule has 20 heavy (non-hydrogen) atoms. The van der Waals surface area contributed by atoms with Crippen molar-refractivity contribution in [1.29, 1.82) is 0 Å². The Labute approximate surface area is 120 Å². The first-order valence-electron chi connectivity index (χ1n) is 7.38. The summed E-state index contributed by atoms with van der Waals surface area (Å²) in [6.07, 6.45) is 1.15. The lowest BCUT2D eigenvalue weighted by molar-refractivity contribution is 0.313. The molecule has 0 saturated carbocycles. The standard InChI is InChI=1S/C16H23N3O/c1-11-10-20-16(18-11)14-5-3-13(4-6-14)15-7-12(8-17)9-19(15)2/h3-6,11-12,15H,7-10,17H2,1-2H3.